The van der Waals surface area contributed by atoms with E-state index in [0.29, 0.717) is 22.5 Å². The van der Waals surface area contributed by atoms with Gasteiger partial charge in [0.25, 0.3) is 5.91 Å². The lowest BCUT2D eigenvalue weighted by molar-refractivity contribution is -0.135. The molecule has 6 nitrogen and oxygen atoms in total. The van der Waals surface area contributed by atoms with Crippen LogP contribution >= 0.6 is 11.3 Å². The van der Waals surface area contributed by atoms with E-state index in [1.165, 1.54) is 11.3 Å². The predicted octanol–water partition coefficient (Wildman–Crippen LogP) is 2.11. The van der Waals surface area contributed by atoms with Gasteiger partial charge in [0.2, 0.25) is 0 Å². The van der Waals surface area contributed by atoms with Crippen LogP contribution < -0.4 is 5.73 Å². The van der Waals surface area contributed by atoms with E-state index in [-0.39, 0.29) is 12.2 Å². The Hall–Kier alpha value is -1.70. The summed E-state index contributed by atoms with van der Waals surface area (Å²) in [5.41, 5.74) is 6.92. The van der Waals surface area contributed by atoms with E-state index in [1.54, 1.807) is 17.1 Å². The lowest BCUT2D eigenvalue weighted by atomic mass is 9.86. The summed E-state index contributed by atoms with van der Waals surface area (Å²) >= 11 is 1.47. The molecule has 0 bridgehead atoms. The molecule has 0 aliphatic carbocycles. The Bertz CT molecular complexity index is 774. The molecule has 0 atom stereocenters. The maximum Gasteiger partial charge on any atom is 0.252 e. The molecule has 0 aromatic carbocycles. The molecule has 0 radical (unpaired) electrons. The van der Waals surface area contributed by atoms with Crippen molar-refractivity contribution in [1.29, 1.82) is 0 Å². The Kier molecular flexibility index (Phi) is 3.62. The van der Waals surface area contributed by atoms with Crippen molar-refractivity contribution < 1.29 is 14.6 Å². The fourth-order valence-electron chi connectivity index (χ4n) is 3.27. The van der Waals surface area contributed by atoms with Crippen LogP contribution in [0.4, 0.5) is 0 Å². The first-order valence-corrected chi connectivity index (χ1v) is 8.27. The third-order valence-corrected chi connectivity index (χ3v) is 5.47. The Morgan fingerprint density at radius 2 is 2.17 bits per heavy atom. The van der Waals surface area contributed by atoms with Crippen LogP contribution in [0.5, 0.6) is 0 Å². The number of hydrogen-bond donors (Lipinski definition) is 2. The van der Waals surface area contributed by atoms with Crippen molar-refractivity contribution in [3.05, 3.63) is 34.0 Å². The second-order valence-corrected chi connectivity index (χ2v) is 7.95. The first kappa shape index (κ1) is 16.2. The Labute approximate surface area is 138 Å². The largest absolute Gasteiger partial charge is 0.392 e. The molecule has 3 N–H and O–H groups in total. The number of fused-ring (bicyclic) bond motifs is 1. The highest BCUT2D eigenvalue weighted by Crippen LogP contribution is 2.47. The van der Waals surface area contributed by atoms with Gasteiger partial charge in [-0.2, -0.15) is 5.10 Å². The lowest BCUT2D eigenvalue weighted by Crippen LogP contribution is -2.42. The van der Waals surface area contributed by atoms with Crippen molar-refractivity contribution >= 4 is 17.2 Å². The number of thiophene rings is 1. The van der Waals surface area contributed by atoms with Crippen LogP contribution in [0.2, 0.25) is 0 Å². The maximum atomic E-state index is 12.1. The van der Waals surface area contributed by atoms with Gasteiger partial charge in [-0.1, -0.05) is 0 Å². The maximum absolute atomic E-state index is 12.1. The highest BCUT2D eigenvalue weighted by atomic mass is 32.1. The van der Waals surface area contributed by atoms with Gasteiger partial charge < -0.3 is 15.6 Å². The first-order valence-electron chi connectivity index (χ1n) is 7.45. The van der Waals surface area contributed by atoms with Crippen LogP contribution in [-0.2, 0) is 23.4 Å². The predicted molar refractivity (Wildman–Crippen MR) is 87.8 cm³/mol. The van der Waals surface area contributed by atoms with Crippen molar-refractivity contribution in [3.63, 3.8) is 0 Å². The number of aliphatic hydroxyl groups is 1. The van der Waals surface area contributed by atoms with Crippen molar-refractivity contribution in [2.75, 3.05) is 0 Å². The molecule has 2 aromatic rings. The molecule has 1 aliphatic heterocycles. The normalized spacial score (nSPS) is 18.7. The molecule has 0 unspecified atom stereocenters. The topological polar surface area (TPSA) is 90.4 Å². The van der Waals surface area contributed by atoms with Gasteiger partial charge in [-0.15, -0.1) is 11.3 Å². The molecular formula is C16H21N3O3S. The van der Waals surface area contributed by atoms with Gasteiger partial charge in [-0.3, -0.25) is 4.79 Å². The summed E-state index contributed by atoms with van der Waals surface area (Å²) in [5, 5.41) is 14.2. The summed E-state index contributed by atoms with van der Waals surface area (Å²) in [6.07, 6.45) is 3.91. The minimum absolute atomic E-state index is 0.0986. The highest BCUT2D eigenvalue weighted by molar-refractivity contribution is 7.15. The van der Waals surface area contributed by atoms with Crippen molar-refractivity contribution in [3.8, 4) is 5.00 Å². The van der Waals surface area contributed by atoms with Crippen LogP contribution in [0, 0.1) is 0 Å². The molecular weight excluding hydrogens is 314 g/mol. The van der Waals surface area contributed by atoms with Crippen LogP contribution in [0.1, 0.15) is 54.1 Å². The van der Waals surface area contributed by atoms with E-state index >= 15 is 0 Å². The fourth-order valence-corrected chi connectivity index (χ4v) is 4.57. The van der Waals surface area contributed by atoms with E-state index in [0.717, 1.165) is 10.4 Å². The van der Waals surface area contributed by atoms with Crippen LogP contribution in [0.15, 0.2) is 12.4 Å². The lowest BCUT2D eigenvalue weighted by Gasteiger charge is -2.41. The number of ether oxygens (including phenoxy) is 1. The third-order valence-electron chi connectivity index (χ3n) is 3.94. The molecule has 0 spiro atoms. The van der Waals surface area contributed by atoms with Gasteiger partial charge in [-0.25, -0.2) is 4.68 Å². The Morgan fingerprint density at radius 3 is 2.74 bits per heavy atom. The number of primary amides is 1. The summed E-state index contributed by atoms with van der Waals surface area (Å²) < 4.78 is 7.80. The number of aliphatic hydroxyl groups excluding tert-OH is 1. The molecule has 3 rings (SSSR count). The van der Waals surface area contributed by atoms with Gasteiger partial charge in [0.1, 0.15) is 5.00 Å². The number of nitrogens with two attached hydrogens (primary N) is 1. The van der Waals surface area contributed by atoms with Gasteiger partial charge >= 0.3 is 0 Å². The SMILES string of the molecule is CC1(C)Cc2c(sc(-n3cc(CO)cn3)c2C(N)=O)C(C)(C)O1. The Morgan fingerprint density at radius 1 is 1.48 bits per heavy atom. The second kappa shape index (κ2) is 5.15. The second-order valence-electron chi connectivity index (χ2n) is 6.95. The highest BCUT2D eigenvalue weighted by Gasteiger charge is 2.43. The minimum Gasteiger partial charge on any atom is -0.392 e. The van der Waals surface area contributed by atoms with Gasteiger partial charge in [0.15, 0.2) is 0 Å². The molecule has 0 saturated heterocycles. The first-order chi connectivity index (χ1) is 10.6. The molecule has 2 aromatic heterocycles. The third kappa shape index (κ3) is 2.69. The quantitative estimate of drug-likeness (QED) is 0.899. The van der Waals surface area contributed by atoms with E-state index in [9.17, 15) is 9.90 Å². The summed E-state index contributed by atoms with van der Waals surface area (Å²) in [6, 6.07) is 0. The molecule has 1 aliphatic rings. The molecule has 0 saturated carbocycles. The molecule has 7 heteroatoms. The number of amides is 1. The molecule has 0 fully saturated rings. The van der Waals surface area contributed by atoms with Crippen molar-refractivity contribution in [2.45, 2.75) is 51.9 Å². The molecule has 1 amide bonds. The smallest absolute Gasteiger partial charge is 0.252 e. The number of nitrogens with zero attached hydrogens (tertiary/aromatic N) is 2. The van der Waals surface area contributed by atoms with Gasteiger partial charge in [0.05, 0.1) is 29.6 Å². The number of aromatic nitrogens is 2. The molecule has 124 valence electrons. The number of rotatable bonds is 3. The minimum atomic E-state index is -0.503. The van der Waals surface area contributed by atoms with Crippen LogP contribution in [0.25, 0.3) is 5.00 Å². The average molecular weight is 335 g/mol. The van der Waals surface area contributed by atoms with Crippen molar-refractivity contribution in [2.24, 2.45) is 5.73 Å². The summed E-state index contributed by atoms with van der Waals surface area (Å²) in [4.78, 5) is 13.1. The van der Waals surface area contributed by atoms with Crippen LogP contribution in [0.3, 0.4) is 0 Å². The van der Waals surface area contributed by atoms with Crippen molar-refractivity contribution in [1.82, 2.24) is 9.78 Å². The molecule has 23 heavy (non-hydrogen) atoms. The summed E-state index contributed by atoms with van der Waals surface area (Å²) in [5.74, 6) is -0.466. The monoisotopic (exact) mass is 335 g/mol. The zero-order chi connectivity index (χ0) is 17.0. The van der Waals surface area contributed by atoms with Gasteiger partial charge in [0, 0.05) is 23.1 Å². The van der Waals surface area contributed by atoms with E-state index < -0.39 is 11.5 Å². The average Bonchev–Trinajstić information content (AvgIpc) is 2.99. The van der Waals surface area contributed by atoms with E-state index in [2.05, 4.69) is 5.10 Å². The fraction of sp³-hybridized carbons (Fsp3) is 0.500. The number of carbonyl (C=O) groups excluding carboxylic acids is 1. The number of hydrogen-bond acceptors (Lipinski definition) is 5. The van der Waals surface area contributed by atoms with Gasteiger partial charge in [-0.05, 0) is 33.3 Å². The van der Waals surface area contributed by atoms with E-state index in [4.69, 9.17) is 10.5 Å². The summed E-state index contributed by atoms with van der Waals surface area (Å²) in [7, 11) is 0. The zero-order valence-corrected chi connectivity index (χ0v) is 14.5. The van der Waals surface area contributed by atoms with Crippen LogP contribution in [-0.4, -0.2) is 26.4 Å². The standard InChI is InChI=1S/C16H21N3O3S/c1-15(2)5-10-11(13(17)21)14(19-7-9(8-20)6-18-19)23-12(10)16(3,4)22-15/h6-7,20H,5,8H2,1-4H3,(H2,17,21). The zero-order valence-electron chi connectivity index (χ0n) is 13.7. The van der Waals surface area contributed by atoms with E-state index in [1.807, 2.05) is 27.7 Å². The number of carbonyl (C=O) groups is 1. The summed E-state index contributed by atoms with van der Waals surface area (Å²) in [6.45, 7) is 7.92. The molecule has 3 heterocycles. The Balaban J connectivity index is 2.23.